The van der Waals surface area contributed by atoms with Crippen LogP contribution in [0, 0.1) is 23.7 Å². The fourth-order valence-corrected chi connectivity index (χ4v) is 5.10. The lowest BCUT2D eigenvalue weighted by atomic mass is 9.81. The van der Waals surface area contributed by atoms with Gasteiger partial charge in [-0.25, -0.2) is 0 Å². The summed E-state index contributed by atoms with van der Waals surface area (Å²) < 4.78 is 4.96. The van der Waals surface area contributed by atoms with Crippen molar-refractivity contribution < 1.29 is 28.7 Å². The monoisotopic (exact) mass is 412 g/mol. The molecule has 30 heavy (non-hydrogen) atoms. The molecule has 3 amide bonds. The van der Waals surface area contributed by atoms with E-state index >= 15 is 0 Å². The van der Waals surface area contributed by atoms with Gasteiger partial charge in [0.05, 0.1) is 18.3 Å². The van der Waals surface area contributed by atoms with Crippen LogP contribution >= 0.6 is 0 Å². The number of carbonyl (C=O) groups excluding carboxylic acids is 5. The van der Waals surface area contributed by atoms with Crippen LogP contribution in [0.5, 0.6) is 0 Å². The van der Waals surface area contributed by atoms with Crippen LogP contribution in [-0.4, -0.2) is 47.5 Å². The fourth-order valence-electron chi connectivity index (χ4n) is 5.10. The quantitative estimate of drug-likeness (QED) is 0.415. The molecule has 4 rings (SSSR count). The number of nitrogens with one attached hydrogen (secondary N) is 1. The number of likely N-dealkylation sites (tertiary alicyclic amines) is 1. The van der Waals surface area contributed by atoms with E-state index in [1.54, 1.807) is 24.3 Å². The molecular weight excluding hydrogens is 388 g/mol. The van der Waals surface area contributed by atoms with Crippen LogP contribution in [0.4, 0.5) is 5.69 Å². The molecule has 0 aromatic heterocycles. The Kier molecular flexibility index (Phi) is 5.40. The number of ether oxygens (including phenoxy) is 1. The fraction of sp³-hybridized carbons (Fsp3) is 0.500. The Morgan fingerprint density at radius 3 is 2.20 bits per heavy atom. The van der Waals surface area contributed by atoms with Crippen molar-refractivity contribution in [3.8, 4) is 0 Å². The molecule has 4 atom stereocenters. The third-order valence-electron chi connectivity index (χ3n) is 6.50. The number of hydrogen-bond donors (Lipinski definition) is 1. The molecule has 1 heterocycles. The first-order valence-electron chi connectivity index (χ1n) is 10.3. The number of amides is 3. The van der Waals surface area contributed by atoms with Crippen LogP contribution in [0.1, 0.15) is 43.0 Å². The summed E-state index contributed by atoms with van der Waals surface area (Å²) in [6.07, 6.45) is 2.85. The van der Waals surface area contributed by atoms with E-state index in [-0.39, 0.29) is 42.4 Å². The standard InChI is InChI=1S/C22H24N2O6/c1-12(25)13-4-6-16(7-5-13)23-17(26)11-30-18(27)8-9-24-21(28)19-14-2-3-15(10-14)20(19)22(24)29/h4-7,14-15,19-20H,2-3,8-11H2,1H3,(H,23,26)/t14-,15-,19+,20+/m0/s1. The highest BCUT2D eigenvalue weighted by Crippen LogP contribution is 2.56. The van der Waals surface area contributed by atoms with Crippen molar-refractivity contribution in [3.05, 3.63) is 29.8 Å². The third-order valence-corrected chi connectivity index (χ3v) is 6.50. The van der Waals surface area contributed by atoms with E-state index in [0.29, 0.717) is 23.1 Å². The van der Waals surface area contributed by atoms with E-state index in [1.807, 2.05) is 0 Å². The first-order chi connectivity index (χ1) is 14.3. The molecule has 0 spiro atoms. The van der Waals surface area contributed by atoms with E-state index in [4.69, 9.17) is 4.74 Å². The van der Waals surface area contributed by atoms with Gasteiger partial charge in [-0.2, -0.15) is 0 Å². The van der Waals surface area contributed by atoms with Crippen molar-refractivity contribution in [3.63, 3.8) is 0 Å². The zero-order valence-electron chi connectivity index (χ0n) is 16.8. The van der Waals surface area contributed by atoms with Gasteiger partial charge in [-0.15, -0.1) is 0 Å². The zero-order chi connectivity index (χ0) is 21.4. The highest BCUT2D eigenvalue weighted by atomic mass is 16.5. The van der Waals surface area contributed by atoms with Gasteiger partial charge in [0.15, 0.2) is 12.4 Å². The molecule has 3 aliphatic rings. The average molecular weight is 412 g/mol. The number of rotatable bonds is 7. The Morgan fingerprint density at radius 1 is 1.03 bits per heavy atom. The minimum absolute atomic E-state index is 0.00291. The molecule has 1 saturated heterocycles. The van der Waals surface area contributed by atoms with Crippen LogP contribution in [0.2, 0.25) is 0 Å². The number of esters is 1. The van der Waals surface area contributed by atoms with Gasteiger partial charge in [0, 0.05) is 17.8 Å². The van der Waals surface area contributed by atoms with E-state index in [2.05, 4.69) is 5.32 Å². The Bertz CT molecular complexity index is 881. The zero-order valence-corrected chi connectivity index (χ0v) is 16.8. The van der Waals surface area contributed by atoms with Crippen LogP contribution in [-0.2, 0) is 23.9 Å². The largest absolute Gasteiger partial charge is 0.456 e. The summed E-state index contributed by atoms with van der Waals surface area (Å²) in [5.41, 5.74) is 1.01. The van der Waals surface area contributed by atoms with Gasteiger partial charge in [0.25, 0.3) is 5.91 Å². The molecule has 2 bridgehead atoms. The average Bonchev–Trinajstić information content (AvgIpc) is 3.40. The topological polar surface area (TPSA) is 110 Å². The summed E-state index contributed by atoms with van der Waals surface area (Å²) >= 11 is 0. The smallest absolute Gasteiger partial charge is 0.308 e. The van der Waals surface area contributed by atoms with Crippen molar-refractivity contribution in [1.29, 1.82) is 0 Å². The van der Waals surface area contributed by atoms with Crippen molar-refractivity contribution in [2.75, 3.05) is 18.5 Å². The molecule has 1 aliphatic heterocycles. The molecule has 0 radical (unpaired) electrons. The summed E-state index contributed by atoms with van der Waals surface area (Å²) in [7, 11) is 0. The predicted molar refractivity (Wildman–Crippen MR) is 105 cm³/mol. The van der Waals surface area contributed by atoms with Crippen LogP contribution < -0.4 is 5.32 Å². The van der Waals surface area contributed by atoms with Gasteiger partial charge in [-0.05, 0) is 62.3 Å². The summed E-state index contributed by atoms with van der Waals surface area (Å²) in [5.74, 6) is -1.33. The Labute approximate surface area is 173 Å². The number of Topliss-reactive ketones (excluding diaryl/α,β-unsaturated/α-hetero) is 1. The molecule has 8 nitrogen and oxygen atoms in total. The minimum atomic E-state index is -0.641. The number of ketones is 1. The van der Waals surface area contributed by atoms with Gasteiger partial charge < -0.3 is 10.1 Å². The summed E-state index contributed by atoms with van der Waals surface area (Å²) in [5, 5.41) is 2.57. The minimum Gasteiger partial charge on any atom is -0.456 e. The van der Waals surface area contributed by atoms with Crippen LogP contribution in [0.3, 0.4) is 0 Å². The third kappa shape index (κ3) is 3.74. The molecule has 3 fully saturated rings. The lowest BCUT2D eigenvalue weighted by molar-refractivity contribution is -0.149. The molecule has 2 saturated carbocycles. The van der Waals surface area contributed by atoms with Crippen molar-refractivity contribution in [2.45, 2.75) is 32.6 Å². The maximum absolute atomic E-state index is 12.6. The van der Waals surface area contributed by atoms with Crippen molar-refractivity contribution in [1.82, 2.24) is 4.90 Å². The van der Waals surface area contributed by atoms with Gasteiger partial charge in [0.2, 0.25) is 11.8 Å². The van der Waals surface area contributed by atoms with Crippen LogP contribution in [0.15, 0.2) is 24.3 Å². The van der Waals surface area contributed by atoms with E-state index in [9.17, 15) is 24.0 Å². The predicted octanol–water partition coefficient (Wildman–Crippen LogP) is 1.79. The van der Waals surface area contributed by atoms with Gasteiger partial charge in [-0.3, -0.25) is 28.9 Å². The lowest BCUT2D eigenvalue weighted by Crippen LogP contribution is -2.35. The Balaban J connectivity index is 1.21. The van der Waals surface area contributed by atoms with E-state index in [0.717, 1.165) is 19.3 Å². The maximum Gasteiger partial charge on any atom is 0.308 e. The highest BCUT2D eigenvalue weighted by molar-refractivity contribution is 6.06. The summed E-state index contributed by atoms with van der Waals surface area (Å²) in [6.45, 7) is 0.981. The maximum atomic E-state index is 12.6. The first-order valence-corrected chi connectivity index (χ1v) is 10.3. The number of fused-ring (bicyclic) bond motifs is 5. The molecule has 1 N–H and O–H groups in total. The van der Waals surface area contributed by atoms with E-state index in [1.165, 1.54) is 11.8 Å². The summed E-state index contributed by atoms with van der Waals surface area (Å²) in [6, 6.07) is 6.36. The van der Waals surface area contributed by atoms with Crippen molar-refractivity contribution >= 4 is 35.2 Å². The second kappa shape index (κ2) is 8.01. The molecule has 0 unspecified atom stereocenters. The van der Waals surface area contributed by atoms with Gasteiger partial charge in [-0.1, -0.05) is 0 Å². The summed E-state index contributed by atoms with van der Waals surface area (Å²) in [4.78, 5) is 61.6. The number of benzene rings is 1. The molecule has 1 aromatic carbocycles. The van der Waals surface area contributed by atoms with Gasteiger partial charge >= 0.3 is 5.97 Å². The number of nitrogens with zero attached hydrogens (tertiary/aromatic N) is 1. The SMILES string of the molecule is CC(=O)c1ccc(NC(=O)COC(=O)CCN2C(=O)[C@@H]3[C@H]4CC[C@@H](C4)[C@H]3C2=O)cc1. The molecule has 2 aliphatic carbocycles. The first kappa shape index (κ1) is 20.3. The lowest BCUT2D eigenvalue weighted by Gasteiger charge is -2.19. The number of anilines is 1. The number of carbonyl (C=O) groups is 5. The number of imide groups is 1. The van der Waals surface area contributed by atoms with Crippen LogP contribution in [0.25, 0.3) is 0 Å². The second-order valence-electron chi connectivity index (χ2n) is 8.31. The highest BCUT2D eigenvalue weighted by Gasteiger charge is 2.60. The Morgan fingerprint density at radius 2 is 1.63 bits per heavy atom. The molecule has 158 valence electrons. The second-order valence-corrected chi connectivity index (χ2v) is 8.31. The van der Waals surface area contributed by atoms with Gasteiger partial charge in [0.1, 0.15) is 0 Å². The molecule has 8 heteroatoms. The molecule has 1 aromatic rings. The molecular formula is C22H24N2O6. The van der Waals surface area contributed by atoms with E-state index < -0.39 is 18.5 Å². The number of hydrogen-bond acceptors (Lipinski definition) is 6. The Hall–Kier alpha value is -3.03. The van der Waals surface area contributed by atoms with Crippen molar-refractivity contribution in [2.24, 2.45) is 23.7 Å². The normalized spacial score (nSPS) is 26.6.